The molecular weight excluding hydrogens is 220 g/mol. The summed E-state index contributed by atoms with van der Waals surface area (Å²) in [7, 11) is 0. The zero-order chi connectivity index (χ0) is 13.4. The van der Waals surface area contributed by atoms with E-state index in [0.29, 0.717) is 5.92 Å². The van der Waals surface area contributed by atoms with Gasteiger partial charge in [-0.1, -0.05) is 58.0 Å². The van der Waals surface area contributed by atoms with Crippen molar-refractivity contribution in [3.63, 3.8) is 0 Å². The van der Waals surface area contributed by atoms with Crippen LogP contribution in [0.2, 0.25) is 0 Å². The van der Waals surface area contributed by atoms with Gasteiger partial charge in [-0.25, -0.2) is 0 Å². The van der Waals surface area contributed by atoms with Crippen LogP contribution in [0.1, 0.15) is 34.1 Å². The molecule has 0 aromatic heterocycles. The topological polar surface area (TPSA) is 9.23 Å². The SMILES string of the molecule is C1=CC2CC2C(Oc2ccccc2)=C1.CC.CC. The summed E-state index contributed by atoms with van der Waals surface area (Å²) in [5.74, 6) is 3.47. The predicted molar refractivity (Wildman–Crippen MR) is 78.6 cm³/mol. The van der Waals surface area contributed by atoms with Gasteiger partial charge in [-0.05, 0) is 30.5 Å². The number of fused-ring (bicyclic) bond motifs is 1. The summed E-state index contributed by atoms with van der Waals surface area (Å²) in [6.07, 6.45) is 7.71. The summed E-state index contributed by atoms with van der Waals surface area (Å²) in [6.45, 7) is 8.00. The van der Waals surface area contributed by atoms with Gasteiger partial charge in [-0.15, -0.1) is 0 Å². The predicted octanol–water partition coefficient (Wildman–Crippen LogP) is 5.21. The van der Waals surface area contributed by atoms with Crippen molar-refractivity contribution in [2.45, 2.75) is 34.1 Å². The standard InChI is InChI=1S/C13H12O.2C2H6/c1-2-6-11(7-3-1)14-13-8-4-5-10-9-12(10)13;2*1-2/h1-8,10,12H,9H2;2*1-2H3. The highest BCUT2D eigenvalue weighted by atomic mass is 16.5. The summed E-state index contributed by atoms with van der Waals surface area (Å²) in [5.41, 5.74) is 0. The van der Waals surface area contributed by atoms with Gasteiger partial charge >= 0.3 is 0 Å². The van der Waals surface area contributed by atoms with Crippen LogP contribution >= 0.6 is 0 Å². The van der Waals surface area contributed by atoms with Crippen molar-refractivity contribution in [1.29, 1.82) is 0 Å². The number of benzene rings is 1. The molecule has 0 heterocycles. The molecule has 0 bridgehead atoms. The molecule has 0 N–H and O–H groups in total. The third-order valence-electron chi connectivity index (χ3n) is 2.80. The zero-order valence-corrected chi connectivity index (χ0v) is 11.9. The zero-order valence-electron chi connectivity index (χ0n) is 11.9. The second-order valence-electron chi connectivity index (χ2n) is 3.88. The van der Waals surface area contributed by atoms with E-state index in [1.54, 1.807) is 0 Å². The third kappa shape index (κ3) is 3.76. The lowest BCUT2D eigenvalue weighted by Gasteiger charge is -2.10. The molecule has 98 valence electrons. The van der Waals surface area contributed by atoms with Crippen LogP contribution in [0.15, 0.2) is 54.3 Å². The summed E-state index contributed by atoms with van der Waals surface area (Å²) >= 11 is 0. The summed E-state index contributed by atoms with van der Waals surface area (Å²) in [6, 6.07) is 9.99. The second-order valence-corrected chi connectivity index (χ2v) is 3.88. The molecule has 0 spiro atoms. The Morgan fingerprint density at radius 2 is 1.67 bits per heavy atom. The number of hydrogen-bond donors (Lipinski definition) is 0. The summed E-state index contributed by atoms with van der Waals surface area (Å²) in [5, 5.41) is 0. The van der Waals surface area contributed by atoms with Crippen LogP contribution in [-0.2, 0) is 0 Å². The van der Waals surface area contributed by atoms with E-state index in [2.05, 4.69) is 18.2 Å². The van der Waals surface area contributed by atoms with Gasteiger partial charge in [0, 0.05) is 5.92 Å². The first-order valence-corrected chi connectivity index (χ1v) is 7.05. The van der Waals surface area contributed by atoms with Crippen LogP contribution in [-0.4, -0.2) is 0 Å². The van der Waals surface area contributed by atoms with Gasteiger partial charge in [0.2, 0.25) is 0 Å². The lowest BCUT2D eigenvalue weighted by Crippen LogP contribution is -2.00. The first kappa shape index (κ1) is 14.6. The van der Waals surface area contributed by atoms with Crippen molar-refractivity contribution in [2.75, 3.05) is 0 Å². The fraction of sp³-hybridized carbons (Fsp3) is 0.412. The van der Waals surface area contributed by atoms with E-state index in [4.69, 9.17) is 4.74 Å². The van der Waals surface area contributed by atoms with E-state index >= 15 is 0 Å². The van der Waals surface area contributed by atoms with Gasteiger partial charge in [0.25, 0.3) is 0 Å². The van der Waals surface area contributed by atoms with E-state index in [0.717, 1.165) is 17.4 Å². The molecule has 0 saturated heterocycles. The molecule has 0 radical (unpaired) electrons. The van der Waals surface area contributed by atoms with Crippen molar-refractivity contribution in [3.8, 4) is 5.75 Å². The second kappa shape index (κ2) is 7.75. The van der Waals surface area contributed by atoms with Crippen LogP contribution in [0, 0.1) is 11.8 Å². The van der Waals surface area contributed by atoms with Crippen molar-refractivity contribution in [3.05, 3.63) is 54.3 Å². The van der Waals surface area contributed by atoms with Crippen LogP contribution in [0.4, 0.5) is 0 Å². The highest BCUT2D eigenvalue weighted by Gasteiger charge is 2.40. The van der Waals surface area contributed by atoms with Gasteiger partial charge in [0.15, 0.2) is 0 Å². The van der Waals surface area contributed by atoms with Crippen molar-refractivity contribution in [2.24, 2.45) is 11.8 Å². The number of allylic oxidation sites excluding steroid dienone is 4. The maximum atomic E-state index is 5.82. The maximum absolute atomic E-state index is 5.82. The van der Waals surface area contributed by atoms with Crippen LogP contribution < -0.4 is 4.74 Å². The maximum Gasteiger partial charge on any atom is 0.126 e. The molecule has 2 aliphatic carbocycles. The monoisotopic (exact) mass is 244 g/mol. The largest absolute Gasteiger partial charge is 0.461 e. The fourth-order valence-electron chi connectivity index (χ4n) is 1.91. The molecule has 1 nitrogen and oxygen atoms in total. The Bertz CT molecular complexity index is 389. The first-order valence-electron chi connectivity index (χ1n) is 7.05. The van der Waals surface area contributed by atoms with Gasteiger partial charge in [0.05, 0.1) is 0 Å². The normalized spacial score (nSPS) is 22.3. The molecule has 3 rings (SSSR count). The molecule has 18 heavy (non-hydrogen) atoms. The highest BCUT2D eigenvalue weighted by Crippen LogP contribution is 2.47. The minimum atomic E-state index is 0.653. The van der Waals surface area contributed by atoms with Gasteiger partial charge in [-0.2, -0.15) is 0 Å². The highest BCUT2D eigenvalue weighted by molar-refractivity contribution is 5.31. The number of rotatable bonds is 2. The van der Waals surface area contributed by atoms with Gasteiger partial charge in [0.1, 0.15) is 11.5 Å². The Kier molecular flexibility index (Phi) is 6.27. The fourth-order valence-corrected chi connectivity index (χ4v) is 1.91. The smallest absolute Gasteiger partial charge is 0.126 e. The molecule has 1 heteroatoms. The Labute approximate surface area is 111 Å². The molecule has 1 aromatic carbocycles. The molecular formula is C17H24O. The van der Waals surface area contributed by atoms with Gasteiger partial charge < -0.3 is 4.74 Å². The quantitative estimate of drug-likeness (QED) is 0.694. The summed E-state index contributed by atoms with van der Waals surface area (Å²) < 4.78 is 5.82. The minimum absolute atomic E-state index is 0.653. The van der Waals surface area contributed by atoms with E-state index in [-0.39, 0.29) is 0 Å². The lowest BCUT2D eigenvalue weighted by atomic mass is 10.2. The van der Waals surface area contributed by atoms with E-state index < -0.39 is 0 Å². The van der Waals surface area contributed by atoms with Crippen LogP contribution in [0.3, 0.4) is 0 Å². The molecule has 2 atom stereocenters. The molecule has 1 fully saturated rings. The van der Waals surface area contributed by atoms with E-state index in [1.165, 1.54) is 6.42 Å². The molecule has 2 aliphatic rings. The minimum Gasteiger partial charge on any atom is -0.461 e. The Morgan fingerprint density at radius 1 is 1.00 bits per heavy atom. The van der Waals surface area contributed by atoms with Crippen molar-refractivity contribution >= 4 is 0 Å². The number of para-hydroxylation sites is 1. The Balaban J connectivity index is 0.000000371. The molecule has 1 aromatic rings. The van der Waals surface area contributed by atoms with Crippen LogP contribution in [0.5, 0.6) is 5.75 Å². The Morgan fingerprint density at radius 3 is 2.33 bits per heavy atom. The van der Waals surface area contributed by atoms with Gasteiger partial charge in [-0.3, -0.25) is 0 Å². The molecule has 1 saturated carbocycles. The lowest BCUT2D eigenvalue weighted by molar-refractivity contribution is 0.389. The average Bonchev–Trinajstić information content (AvgIpc) is 3.25. The first-order chi connectivity index (χ1) is 8.93. The summed E-state index contributed by atoms with van der Waals surface area (Å²) in [4.78, 5) is 0. The van der Waals surface area contributed by atoms with E-state index in [1.807, 2.05) is 58.0 Å². The van der Waals surface area contributed by atoms with Crippen molar-refractivity contribution < 1.29 is 4.74 Å². The van der Waals surface area contributed by atoms with E-state index in [9.17, 15) is 0 Å². The third-order valence-corrected chi connectivity index (χ3v) is 2.80. The molecule has 0 amide bonds. The molecule has 2 unspecified atom stereocenters. The number of ether oxygens (including phenoxy) is 1. The number of hydrogen-bond acceptors (Lipinski definition) is 1. The molecule has 0 aliphatic heterocycles. The Hall–Kier alpha value is -1.50. The van der Waals surface area contributed by atoms with Crippen LogP contribution in [0.25, 0.3) is 0 Å². The average molecular weight is 244 g/mol. The van der Waals surface area contributed by atoms with Crippen molar-refractivity contribution in [1.82, 2.24) is 0 Å².